The normalized spacial score (nSPS) is 24.7. The van der Waals surface area contributed by atoms with Crippen LogP contribution < -0.4 is 10.4 Å². The van der Waals surface area contributed by atoms with E-state index in [9.17, 15) is 9.90 Å². The summed E-state index contributed by atoms with van der Waals surface area (Å²) >= 11 is 3.64. The first-order valence-corrected chi connectivity index (χ1v) is 8.47. The van der Waals surface area contributed by atoms with Crippen molar-refractivity contribution in [3.05, 3.63) is 75.8 Å². The highest BCUT2D eigenvalue weighted by atomic mass is 79.9. The van der Waals surface area contributed by atoms with Crippen LogP contribution in [-0.2, 0) is 0 Å². The van der Waals surface area contributed by atoms with Gasteiger partial charge in [0.15, 0.2) is 0 Å². The molecule has 2 aromatic rings. The van der Waals surface area contributed by atoms with Crippen LogP contribution in [0.3, 0.4) is 0 Å². The van der Waals surface area contributed by atoms with Crippen LogP contribution in [0.1, 0.15) is 39.9 Å². The molecular formula is C19H15BrNO2-. The average molecular weight is 369 g/mol. The second kappa shape index (κ2) is 5.53. The van der Waals surface area contributed by atoms with Gasteiger partial charge in [-0.25, -0.2) is 0 Å². The highest BCUT2D eigenvalue weighted by Crippen LogP contribution is 2.51. The van der Waals surface area contributed by atoms with Crippen molar-refractivity contribution in [2.75, 3.05) is 5.32 Å². The van der Waals surface area contributed by atoms with Crippen molar-refractivity contribution in [2.45, 2.75) is 18.4 Å². The second-order valence-electron chi connectivity index (χ2n) is 6.09. The lowest BCUT2D eigenvalue weighted by Crippen LogP contribution is -2.29. The van der Waals surface area contributed by atoms with Crippen LogP contribution >= 0.6 is 15.9 Å². The molecule has 1 heterocycles. The first kappa shape index (κ1) is 14.5. The smallest absolute Gasteiger partial charge is 0.0715 e. The summed E-state index contributed by atoms with van der Waals surface area (Å²) in [7, 11) is 0. The molecule has 3 nitrogen and oxygen atoms in total. The van der Waals surface area contributed by atoms with Crippen molar-refractivity contribution >= 4 is 27.6 Å². The number of benzene rings is 2. The Morgan fingerprint density at radius 3 is 2.70 bits per heavy atom. The fraction of sp³-hybridized carbons (Fsp3) is 0.211. The predicted molar refractivity (Wildman–Crippen MR) is 91.3 cm³/mol. The number of aromatic carboxylic acids is 1. The van der Waals surface area contributed by atoms with Crippen LogP contribution in [0.15, 0.2) is 59.1 Å². The van der Waals surface area contributed by atoms with Gasteiger partial charge >= 0.3 is 0 Å². The number of para-hydroxylation sites is 1. The molecule has 116 valence electrons. The van der Waals surface area contributed by atoms with Gasteiger partial charge in [0, 0.05) is 10.4 Å². The summed E-state index contributed by atoms with van der Waals surface area (Å²) in [6, 6.07) is 13.5. The van der Waals surface area contributed by atoms with E-state index in [4.69, 9.17) is 0 Å². The van der Waals surface area contributed by atoms with Gasteiger partial charge in [0.1, 0.15) is 0 Å². The van der Waals surface area contributed by atoms with Crippen LogP contribution in [0.5, 0.6) is 0 Å². The zero-order chi connectivity index (χ0) is 16.0. The molecule has 0 spiro atoms. The number of halogens is 1. The van der Waals surface area contributed by atoms with Gasteiger partial charge in [-0.2, -0.15) is 0 Å². The highest BCUT2D eigenvalue weighted by molar-refractivity contribution is 9.10. The Bertz CT molecular complexity index is 798. The maximum Gasteiger partial charge on any atom is 0.0715 e. The Kier molecular flexibility index (Phi) is 3.49. The van der Waals surface area contributed by atoms with Crippen LogP contribution in [0.25, 0.3) is 0 Å². The molecule has 2 aromatic carbocycles. The molecule has 0 radical (unpaired) electrons. The van der Waals surface area contributed by atoms with Crippen molar-refractivity contribution < 1.29 is 9.90 Å². The van der Waals surface area contributed by atoms with E-state index >= 15 is 0 Å². The van der Waals surface area contributed by atoms with Gasteiger partial charge in [-0.1, -0.05) is 48.6 Å². The molecule has 23 heavy (non-hydrogen) atoms. The molecule has 0 aromatic heterocycles. The quantitative estimate of drug-likeness (QED) is 0.823. The van der Waals surface area contributed by atoms with Crippen molar-refractivity contribution in [3.8, 4) is 0 Å². The summed E-state index contributed by atoms with van der Waals surface area (Å²) in [6.45, 7) is 0. The first-order valence-electron chi connectivity index (χ1n) is 7.68. The largest absolute Gasteiger partial charge is 0.545 e. The Hall–Kier alpha value is -2.07. The average Bonchev–Trinajstić information content (AvgIpc) is 3.04. The fourth-order valence-electron chi connectivity index (χ4n) is 3.74. The number of carbonyl (C=O) groups excluding carboxylic acids is 1. The minimum atomic E-state index is -1.14. The SMILES string of the molecule is O=C([O-])c1ccc([C@@H]2Nc3c(Br)cccc3[C@@H]3C=CC[C@H]32)cc1. The number of hydrogen-bond acceptors (Lipinski definition) is 3. The van der Waals surface area contributed by atoms with E-state index in [1.165, 1.54) is 5.56 Å². The monoisotopic (exact) mass is 368 g/mol. The maximum atomic E-state index is 10.9. The Morgan fingerprint density at radius 2 is 1.96 bits per heavy atom. The second-order valence-corrected chi connectivity index (χ2v) is 6.94. The van der Waals surface area contributed by atoms with Gasteiger partial charge in [0.25, 0.3) is 0 Å². The zero-order valence-electron chi connectivity index (χ0n) is 12.3. The Morgan fingerprint density at radius 1 is 1.17 bits per heavy atom. The molecule has 2 aliphatic rings. The number of carboxylic acid groups (broad SMARTS) is 1. The third-order valence-corrected chi connectivity index (χ3v) is 5.51. The molecule has 4 rings (SSSR count). The van der Waals surface area contributed by atoms with E-state index in [2.05, 4.69) is 45.5 Å². The van der Waals surface area contributed by atoms with Gasteiger partial charge in [-0.05, 0) is 51.0 Å². The van der Waals surface area contributed by atoms with Crippen molar-refractivity contribution in [2.24, 2.45) is 5.92 Å². The molecule has 0 saturated carbocycles. The molecule has 0 fully saturated rings. The van der Waals surface area contributed by atoms with Crippen LogP contribution in [0.4, 0.5) is 5.69 Å². The highest BCUT2D eigenvalue weighted by Gasteiger charge is 2.38. The molecule has 0 saturated heterocycles. The van der Waals surface area contributed by atoms with Crippen molar-refractivity contribution in [3.63, 3.8) is 0 Å². The molecule has 3 atom stereocenters. The predicted octanol–water partition coefficient (Wildman–Crippen LogP) is 3.64. The van der Waals surface area contributed by atoms with Crippen LogP contribution in [0.2, 0.25) is 0 Å². The number of fused-ring (bicyclic) bond motifs is 3. The Labute approximate surface area is 143 Å². The van der Waals surface area contributed by atoms with E-state index in [0.29, 0.717) is 11.8 Å². The third kappa shape index (κ3) is 2.38. The molecule has 1 aliphatic carbocycles. The topological polar surface area (TPSA) is 52.2 Å². The van der Waals surface area contributed by atoms with Gasteiger partial charge in [-0.15, -0.1) is 0 Å². The van der Waals surface area contributed by atoms with Gasteiger partial charge < -0.3 is 15.2 Å². The summed E-state index contributed by atoms with van der Waals surface area (Å²) in [5.41, 5.74) is 3.78. The van der Waals surface area contributed by atoms with Crippen LogP contribution in [0, 0.1) is 5.92 Å². The van der Waals surface area contributed by atoms with Gasteiger partial charge in [0.05, 0.1) is 17.7 Å². The lowest BCUT2D eigenvalue weighted by molar-refractivity contribution is -0.255. The molecule has 0 bridgehead atoms. The summed E-state index contributed by atoms with van der Waals surface area (Å²) < 4.78 is 1.06. The number of allylic oxidation sites excluding steroid dienone is 2. The maximum absolute atomic E-state index is 10.9. The van der Waals surface area contributed by atoms with E-state index < -0.39 is 5.97 Å². The number of rotatable bonds is 2. The third-order valence-electron chi connectivity index (χ3n) is 4.85. The fourth-order valence-corrected chi connectivity index (χ4v) is 4.24. The summed E-state index contributed by atoms with van der Waals surface area (Å²) in [5.74, 6) is -0.290. The number of hydrogen-bond donors (Lipinski definition) is 1. The number of carboxylic acids is 1. The van der Waals surface area contributed by atoms with Gasteiger partial charge in [-0.3, -0.25) is 0 Å². The zero-order valence-corrected chi connectivity index (χ0v) is 13.9. The standard InChI is InChI=1S/C19H16BrNO2/c20-16-6-2-5-15-13-3-1-4-14(13)17(21-18(15)16)11-7-9-12(10-8-11)19(22)23/h1-3,5-10,13-14,17,21H,4H2,(H,22,23)/p-1/t13-,14-,17+/m1/s1. The first-order chi connectivity index (χ1) is 11.1. The molecule has 0 unspecified atom stereocenters. The Balaban J connectivity index is 1.75. The van der Waals surface area contributed by atoms with E-state index in [0.717, 1.165) is 22.1 Å². The number of carbonyl (C=O) groups is 1. The van der Waals surface area contributed by atoms with E-state index in [-0.39, 0.29) is 11.6 Å². The lowest BCUT2D eigenvalue weighted by atomic mass is 9.77. The van der Waals surface area contributed by atoms with E-state index in [1.54, 1.807) is 12.1 Å². The minimum Gasteiger partial charge on any atom is -0.545 e. The van der Waals surface area contributed by atoms with Gasteiger partial charge in [0.2, 0.25) is 0 Å². The van der Waals surface area contributed by atoms with Crippen LogP contribution in [-0.4, -0.2) is 5.97 Å². The lowest BCUT2D eigenvalue weighted by Gasteiger charge is -2.38. The van der Waals surface area contributed by atoms with E-state index in [1.807, 2.05) is 18.2 Å². The number of nitrogens with one attached hydrogen (secondary N) is 1. The summed E-state index contributed by atoms with van der Waals surface area (Å²) in [6.07, 6.45) is 5.56. The molecular weight excluding hydrogens is 354 g/mol. The number of anilines is 1. The van der Waals surface area contributed by atoms with Crippen molar-refractivity contribution in [1.82, 2.24) is 0 Å². The molecule has 4 heteroatoms. The summed E-state index contributed by atoms with van der Waals surface area (Å²) in [5, 5.41) is 14.6. The minimum absolute atomic E-state index is 0.164. The molecule has 1 N–H and O–H groups in total. The molecule has 0 amide bonds. The van der Waals surface area contributed by atoms with Crippen molar-refractivity contribution in [1.29, 1.82) is 0 Å². The summed E-state index contributed by atoms with van der Waals surface area (Å²) in [4.78, 5) is 10.9. The molecule has 1 aliphatic heterocycles.